The molecule has 0 bridgehead atoms. The molecule has 3 aliphatic rings. The van der Waals surface area contributed by atoms with E-state index in [-0.39, 0.29) is 46.5 Å². The van der Waals surface area contributed by atoms with E-state index in [9.17, 15) is 29.6 Å². The highest BCUT2D eigenvalue weighted by Crippen LogP contribution is 2.36. The third-order valence-electron chi connectivity index (χ3n) is 7.43. The van der Waals surface area contributed by atoms with E-state index >= 15 is 0 Å². The van der Waals surface area contributed by atoms with Crippen LogP contribution in [-0.4, -0.2) is 69.0 Å². The number of aromatic nitrogens is 1. The Morgan fingerprint density at radius 2 is 1.73 bits per heavy atom. The Hall–Kier alpha value is -6.16. The van der Waals surface area contributed by atoms with Crippen molar-refractivity contribution in [1.29, 1.82) is 0 Å². The van der Waals surface area contributed by atoms with E-state index < -0.39 is 16.6 Å². The molecule has 16 nitrogen and oxygen atoms in total. The molecule has 0 atom stereocenters. The Morgan fingerprint density at radius 3 is 2.38 bits per heavy atom. The van der Waals surface area contributed by atoms with Crippen molar-refractivity contribution < 1.29 is 19.6 Å². The number of benzene rings is 1. The summed E-state index contributed by atoms with van der Waals surface area (Å²) >= 11 is 0. The Balaban J connectivity index is 1.38. The second kappa shape index (κ2) is 14.1. The number of amides is 1. The van der Waals surface area contributed by atoms with Crippen LogP contribution in [0.25, 0.3) is 0 Å². The number of azo groups is 1. The summed E-state index contributed by atoms with van der Waals surface area (Å²) in [5, 5.41) is 43.8. The average Bonchev–Trinajstić information content (AvgIpc) is 3.34. The first kappa shape index (κ1) is 33.2. The number of carbonyl (C=O) groups excluding carboxylic acids is 2. The summed E-state index contributed by atoms with van der Waals surface area (Å²) in [5.74, 6) is -1.59. The molecule has 16 heteroatoms. The minimum atomic E-state index is -0.710. The molecule has 0 spiro atoms. The molecule has 1 amide bonds. The van der Waals surface area contributed by atoms with Crippen molar-refractivity contribution >= 4 is 51.6 Å². The van der Waals surface area contributed by atoms with E-state index in [0.717, 1.165) is 29.7 Å². The maximum absolute atomic E-state index is 13.5. The van der Waals surface area contributed by atoms with Gasteiger partial charge >= 0.3 is 5.91 Å². The Labute approximate surface area is 274 Å². The second-order valence-electron chi connectivity index (χ2n) is 11.1. The van der Waals surface area contributed by atoms with Crippen LogP contribution >= 0.6 is 0 Å². The van der Waals surface area contributed by atoms with Crippen molar-refractivity contribution in [3.05, 3.63) is 98.8 Å². The highest BCUT2D eigenvalue weighted by molar-refractivity contribution is 6.71. The Kier molecular flexibility index (Phi) is 9.75. The number of hydrazone groups is 1. The molecule has 1 N–H and O–H groups in total. The van der Waals surface area contributed by atoms with Crippen molar-refractivity contribution in [2.75, 3.05) is 30.5 Å². The van der Waals surface area contributed by atoms with Gasteiger partial charge in [-0.2, -0.15) is 15.2 Å². The Bertz CT molecular complexity index is 1970. The lowest BCUT2D eigenvalue weighted by molar-refractivity contribution is -0.419. The van der Waals surface area contributed by atoms with Crippen LogP contribution in [0.3, 0.4) is 0 Å². The molecule has 0 saturated heterocycles. The van der Waals surface area contributed by atoms with Crippen LogP contribution in [0, 0.1) is 17.0 Å². The molecule has 1 aliphatic carbocycles. The number of nitro groups is 1. The van der Waals surface area contributed by atoms with E-state index in [1.807, 2.05) is 31.1 Å². The van der Waals surface area contributed by atoms with E-state index in [4.69, 9.17) is 0 Å². The van der Waals surface area contributed by atoms with Gasteiger partial charge < -0.3 is 14.9 Å². The molecule has 2 aromatic rings. The number of hydrogen-bond acceptors (Lipinski definition) is 13. The lowest BCUT2D eigenvalue weighted by atomic mass is 10.1. The number of anilines is 2. The van der Waals surface area contributed by atoms with E-state index in [0.29, 0.717) is 35.6 Å². The highest BCUT2D eigenvalue weighted by atomic mass is 16.6. The predicted octanol–water partition coefficient (Wildman–Crippen LogP) is 4.29. The van der Waals surface area contributed by atoms with E-state index in [1.54, 1.807) is 55.4 Å². The molecule has 0 unspecified atom stereocenters. The molecule has 0 fully saturated rings. The molecule has 5 rings (SSSR count). The SMILES string of the molecule is CC1=NN(c2ccc(N=Nc3c(C)c(N4C=CCC=C4)c(=O)n(CCCN(C)C)c3O)cc2)C(=O)/C1=N\N=C1/C=CC([N+](=O)[O-])=CC1=O. The van der Waals surface area contributed by atoms with Crippen LogP contribution in [-0.2, 0) is 16.1 Å². The molecular formula is C32H32N10O6. The minimum Gasteiger partial charge on any atom is -0.493 e. The van der Waals surface area contributed by atoms with Crippen LogP contribution in [0.15, 0.2) is 103 Å². The van der Waals surface area contributed by atoms with Crippen LogP contribution in [0.1, 0.15) is 25.3 Å². The van der Waals surface area contributed by atoms with Gasteiger partial charge in [0.2, 0.25) is 11.7 Å². The fourth-order valence-corrected chi connectivity index (χ4v) is 4.95. The number of rotatable bonds is 10. The summed E-state index contributed by atoms with van der Waals surface area (Å²) in [5.41, 5.74) is 1.04. The zero-order valence-corrected chi connectivity index (χ0v) is 26.6. The summed E-state index contributed by atoms with van der Waals surface area (Å²) in [7, 11) is 3.86. The molecule has 0 radical (unpaired) electrons. The molecular weight excluding hydrogens is 620 g/mol. The number of pyridine rings is 1. The summed E-state index contributed by atoms with van der Waals surface area (Å²) in [6, 6.07) is 6.40. The van der Waals surface area contributed by atoms with Crippen LogP contribution in [0.4, 0.5) is 22.7 Å². The number of hydrogen-bond donors (Lipinski definition) is 1. The molecule has 246 valence electrons. The summed E-state index contributed by atoms with van der Waals surface area (Å²) in [6.45, 7) is 4.26. The molecule has 2 aliphatic heterocycles. The summed E-state index contributed by atoms with van der Waals surface area (Å²) < 4.78 is 1.31. The fraction of sp³-hybridized carbons (Fsp3) is 0.250. The third kappa shape index (κ3) is 6.97. The van der Waals surface area contributed by atoms with Gasteiger partial charge in [-0.25, -0.2) is 0 Å². The molecule has 3 heterocycles. The van der Waals surface area contributed by atoms with Crippen molar-refractivity contribution in [3.8, 4) is 5.88 Å². The van der Waals surface area contributed by atoms with Gasteiger partial charge in [0.05, 0.1) is 28.1 Å². The van der Waals surface area contributed by atoms with Crippen molar-refractivity contribution in [3.63, 3.8) is 0 Å². The van der Waals surface area contributed by atoms with E-state index in [2.05, 4.69) is 25.5 Å². The molecule has 48 heavy (non-hydrogen) atoms. The van der Waals surface area contributed by atoms with Gasteiger partial charge in [-0.15, -0.1) is 15.3 Å². The zero-order chi connectivity index (χ0) is 34.5. The smallest absolute Gasteiger partial charge is 0.301 e. The highest BCUT2D eigenvalue weighted by Gasteiger charge is 2.31. The number of nitrogens with zero attached hydrogens (tertiary/aromatic N) is 10. The second-order valence-corrected chi connectivity index (χ2v) is 11.1. The van der Waals surface area contributed by atoms with Crippen molar-refractivity contribution in [2.24, 2.45) is 25.5 Å². The van der Waals surface area contributed by atoms with E-state index in [1.165, 1.54) is 4.57 Å². The van der Waals surface area contributed by atoms with Gasteiger partial charge in [-0.05, 0) is 77.7 Å². The van der Waals surface area contributed by atoms with Crippen LogP contribution < -0.4 is 15.5 Å². The molecule has 1 aromatic carbocycles. The van der Waals surface area contributed by atoms with Crippen LogP contribution in [0.2, 0.25) is 0 Å². The number of aromatic hydroxyl groups is 1. The summed E-state index contributed by atoms with van der Waals surface area (Å²) in [6.07, 6.45) is 11.9. The quantitative estimate of drug-likeness (QED) is 0.170. The van der Waals surface area contributed by atoms with Crippen molar-refractivity contribution in [1.82, 2.24) is 9.47 Å². The fourth-order valence-electron chi connectivity index (χ4n) is 4.95. The van der Waals surface area contributed by atoms with Gasteiger partial charge in [0.1, 0.15) is 11.4 Å². The Morgan fingerprint density at radius 1 is 1.02 bits per heavy atom. The topological polar surface area (TPSA) is 191 Å². The number of allylic oxidation sites excluding steroid dienone is 5. The third-order valence-corrected chi connectivity index (χ3v) is 7.43. The van der Waals surface area contributed by atoms with Gasteiger partial charge in [-0.3, -0.25) is 29.1 Å². The lowest BCUT2D eigenvalue weighted by Crippen LogP contribution is -2.29. The number of ketones is 1. The normalized spacial score (nSPS) is 17.9. The lowest BCUT2D eigenvalue weighted by Gasteiger charge is -2.23. The first-order valence-corrected chi connectivity index (χ1v) is 14.8. The van der Waals surface area contributed by atoms with Crippen LogP contribution in [0.5, 0.6) is 5.88 Å². The molecule has 0 saturated carbocycles. The predicted molar refractivity (Wildman–Crippen MR) is 181 cm³/mol. The number of carbonyl (C=O) groups is 2. The van der Waals surface area contributed by atoms with Gasteiger partial charge in [0, 0.05) is 30.6 Å². The van der Waals surface area contributed by atoms with Gasteiger partial charge in [0.15, 0.2) is 11.4 Å². The first-order valence-electron chi connectivity index (χ1n) is 14.8. The van der Waals surface area contributed by atoms with Gasteiger partial charge in [-0.1, -0.05) is 12.2 Å². The zero-order valence-electron chi connectivity index (χ0n) is 26.6. The molecule has 1 aromatic heterocycles. The average molecular weight is 653 g/mol. The standard InChI is InChI=1S/C32H32N10O6/c1-20-27(30(44)40(18-8-15-38(3)4)32(46)29(20)39-16-6-5-7-17-39)35-33-22-9-11-23(12-10-22)41-31(45)28(21(2)37-41)36-34-25-14-13-24(42(47)48)19-26(25)43/h6-7,9-14,16-17,19,44H,5,8,15,18H2,1-4H3/b34-25+,35-33?,36-28-. The monoisotopic (exact) mass is 652 g/mol. The van der Waals surface area contributed by atoms with Gasteiger partial charge in [0.25, 0.3) is 11.3 Å². The maximum Gasteiger partial charge on any atom is 0.301 e. The summed E-state index contributed by atoms with van der Waals surface area (Å²) in [4.78, 5) is 52.7. The van der Waals surface area contributed by atoms with Crippen molar-refractivity contribution in [2.45, 2.75) is 33.2 Å². The largest absolute Gasteiger partial charge is 0.493 e. The first-order chi connectivity index (χ1) is 23.0. The minimum absolute atomic E-state index is 0.0997. The maximum atomic E-state index is 13.5.